The van der Waals surface area contributed by atoms with Gasteiger partial charge in [-0.25, -0.2) is 9.67 Å². The number of aryl methyl sites for hydroxylation is 3. The number of hydrogen-bond donors (Lipinski definition) is 1. The first-order valence-corrected chi connectivity index (χ1v) is 8.32. The summed E-state index contributed by atoms with van der Waals surface area (Å²) in [5.41, 5.74) is 9.83. The molecule has 1 fully saturated rings. The molecule has 2 aromatic rings. The number of hydrogen-bond acceptors (Lipinski definition) is 5. The molecule has 24 heavy (non-hydrogen) atoms. The first-order valence-electron chi connectivity index (χ1n) is 8.32. The Morgan fingerprint density at radius 2 is 2.17 bits per heavy atom. The lowest BCUT2D eigenvalue weighted by molar-refractivity contribution is -0.130. The number of aromatic nitrogens is 3. The number of amides is 1. The van der Waals surface area contributed by atoms with Gasteiger partial charge in [-0.05, 0) is 37.8 Å². The smallest absolute Gasteiger partial charge is 0.242 e. The lowest BCUT2D eigenvalue weighted by Gasteiger charge is -2.17. The number of nitrogens with zero attached hydrogens (tertiary/aromatic N) is 4. The number of carbonyl (C=O) groups excluding carboxylic acids is 1. The highest BCUT2D eigenvalue weighted by Gasteiger charge is 2.24. The van der Waals surface area contributed by atoms with Gasteiger partial charge < -0.3 is 15.4 Å². The van der Waals surface area contributed by atoms with Crippen molar-refractivity contribution in [1.82, 2.24) is 19.7 Å². The first-order chi connectivity index (χ1) is 11.4. The van der Waals surface area contributed by atoms with Crippen LogP contribution in [0.15, 0.2) is 0 Å². The van der Waals surface area contributed by atoms with Crippen LogP contribution >= 0.6 is 0 Å². The third-order valence-electron chi connectivity index (χ3n) is 4.88. The van der Waals surface area contributed by atoms with Gasteiger partial charge in [-0.15, -0.1) is 5.10 Å². The minimum Gasteiger partial charge on any atom is -0.479 e. The number of carbonyl (C=O) groups is 1. The van der Waals surface area contributed by atoms with Crippen molar-refractivity contribution < 1.29 is 9.53 Å². The SMILES string of the molecule is COc1nn(C)c2nc(C)c(CCC(=O)N3CC[C@@H](N)C3)c(C)c12. The molecular formula is C17H25N5O2. The van der Waals surface area contributed by atoms with Crippen molar-refractivity contribution in [3.8, 4) is 5.88 Å². The van der Waals surface area contributed by atoms with Crippen molar-refractivity contribution >= 4 is 16.9 Å². The highest BCUT2D eigenvalue weighted by Crippen LogP contribution is 2.30. The van der Waals surface area contributed by atoms with E-state index in [1.54, 1.807) is 11.8 Å². The van der Waals surface area contributed by atoms with Gasteiger partial charge in [-0.2, -0.15) is 0 Å². The van der Waals surface area contributed by atoms with Crippen LogP contribution in [0.5, 0.6) is 5.88 Å². The Labute approximate surface area is 141 Å². The lowest BCUT2D eigenvalue weighted by Crippen LogP contribution is -2.32. The molecule has 7 heteroatoms. The highest BCUT2D eigenvalue weighted by molar-refractivity contribution is 5.86. The molecule has 2 aromatic heterocycles. The van der Waals surface area contributed by atoms with Gasteiger partial charge in [0.25, 0.3) is 0 Å². The second-order valence-electron chi connectivity index (χ2n) is 6.52. The van der Waals surface area contributed by atoms with Crippen LogP contribution < -0.4 is 10.5 Å². The molecule has 7 nitrogen and oxygen atoms in total. The molecule has 1 saturated heterocycles. The molecule has 0 bridgehead atoms. The molecule has 1 aliphatic rings. The van der Waals surface area contributed by atoms with E-state index in [2.05, 4.69) is 10.1 Å². The van der Waals surface area contributed by atoms with Gasteiger partial charge >= 0.3 is 0 Å². The monoisotopic (exact) mass is 331 g/mol. The van der Waals surface area contributed by atoms with Crippen molar-refractivity contribution in [3.05, 3.63) is 16.8 Å². The highest BCUT2D eigenvalue weighted by atomic mass is 16.5. The van der Waals surface area contributed by atoms with Gasteiger partial charge in [-0.3, -0.25) is 4.79 Å². The second kappa shape index (κ2) is 6.39. The molecule has 0 aliphatic carbocycles. The molecule has 2 N–H and O–H groups in total. The Morgan fingerprint density at radius 3 is 2.79 bits per heavy atom. The fourth-order valence-corrected chi connectivity index (χ4v) is 3.51. The fourth-order valence-electron chi connectivity index (χ4n) is 3.51. The number of methoxy groups -OCH3 is 1. The summed E-state index contributed by atoms with van der Waals surface area (Å²) in [4.78, 5) is 18.9. The summed E-state index contributed by atoms with van der Waals surface area (Å²) in [6, 6.07) is 0.120. The van der Waals surface area contributed by atoms with Crippen LogP contribution in [0.3, 0.4) is 0 Å². The third kappa shape index (κ3) is 2.84. The molecule has 3 heterocycles. The van der Waals surface area contributed by atoms with E-state index >= 15 is 0 Å². The van der Waals surface area contributed by atoms with Crippen molar-refractivity contribution in [3.63, 3.8) is 0 Å². The summed E-state index contributed by atoms with van der Waals surface area (Å²) in [6.45, 7) is 5.47. The van der Waals surface area contributed by atoms with Crippen LogP contribution in [-0.4, -0.2) is 51.8 Å². The van der Waals surface area contributed by atoms with E-state index in [4.69, 9.17) is 10.5 Å². The summed E-state index contributed by atoms with van der Waals surface area (Å²) < 4.78 is 7.11. The number of likely N-dealkylation sites (tertiary alicyclic amines) is 1. The normalized spacial score (nSPS) is 17.7. The van der Waals surface area contributed by atoms with E-state index in [-0.39, 0.29) is 11.9 Å². The summed E-state index contributed by atoms with van der Waals surface area (Å²) in [6.07, 6.45) is 2.04. The maximum Gasteiger partial charge on any atom is 0.242 e. The van der Waals surface area contributed by atoms with Crippen molar-refractivity contribution in [2.45, 2.75) is 39.2 Å². The molecule has 0 unspecified atom stereocenters. The maximum absolute atomic E-state index is 12.4. The van der Waals surface area contributed by atoms with Crippen LogP contribution in [0, 0.1) is 13.8 Å². The van der Waals surface area contributed by atoms with Crippen LogP contribution in [-0.2, 0) is 18.3 Å². The Bertz CT molecular complexity index is 783. The molecule has 1 amide bonds. The average molecular weight is 331 g/mol. The van der Waals surface area contributed by atoms with Gasteiger partial charge in [0.2, 0.25) is 11.8 Å². The zero-order valence-electron chi connectivity index (χ0n) is 14.8. The number of nitrogens with two attached hydrogens (primary N) is 1. The molecule has 3 rings (SSSR count). The van der Waals surface area contributed by atoms with Crippen LogP contribution in [0.25, 0.3) is 11.0 Å². The second-order valence-corrected chi connectivity index (χ2v) is 6.52. The molecule has 0 radical (unpaired) electrons. The quantitative estimate of drug-likeness (QED) is 0.906. The van der Waals surface area contributed by atoms with Crippen LogP contribution in [0.1, 0.15) is 29.7 Å². The number of fused-ring (bicyclic) bond motifs is 1. The maximum atomic E-state index is 12.4. The largest absolute Gasteiger partial charge is 0.479 e. The Balaban J connectivity index is 1.85. The standard InChI is InChI=1S/C17H25N5O2/c1-10-13(5-6-14(23)22-8-7-12(18)9-22)11(2)19-16-15(10)17(24-4)20-21(16)3/h12H,5-9,18H2,1-4H3/t12-/m1/s1. The van der Waals surface area contributed by atoms with Crippen LogP contribution in [0.4, 0.5) is 0 Å². The Hall–Kier alpha value is -2.15. The van der Waals surface area contributed by atoms with Gasteiger partial charge in [0.05, 0.1) is 12.5 Å². The van der Waals surface area contributed by atoms with E-state index in [1.807, 2.05) is 25.8 Å². The summed E-state index contributed by atoms with van der Waals surface area (Å²) in [5.74, 6) is 0.746. The molecule has 1 aliphatic heterocycles. The number of pyridine rings is 1. The minimum atomic E-state index is 0.120. The summed E-state index contributed by atoms with van der Waals surface area (Å²) >= 11 is 0. The zero-order chi connectivity index (χ0) is 17.4. The molecule has 130 valence electrons. The summed E-state index contributed by atoms with van der Waals surface area (Å²) in [7, 11) is 3.47. The van der Waals surface area contributed by atoms with Crippen molar-refractivity contribution in [2.75, 3.05) is 20.2 Å². The van der Waals surface area contributed by atoms with Gasteiger partial charge in [-0.1, -0.05) is 0 Å². The molecule has 0 spiro atoms. The summed E-state index contributed by atoms with van der Waals surface area (Å²) in [5, 5.41) is 5.29. The number of ether oxygens (including phenoxy) is 1. The first kappa shape index (κ1) is 16.7. The van der Waals surface area contributed by atoms with Gasteiger partial charge in [0, 0.05) is 38.3 Å². The van der Waals surface area contributed by atoms with Crippen LogP contribution in [0.2, 0.25) is 0 Å². The molecule has 0 saturated carbocycles. The van der Waals surface area contributed by atoms with Gasteiger partial charge in [0.1, 0.15) is 0 Å². The van der Waals surface area contributed by atoms with Gasteiger partial charge in [0.15, 0.2) is 5.65 Å². The molecule has 1 atom stereocenters. The zero-order valence-corrected chi connectivity index (χ0v) is 14.8. The van der Waals surface area contributed by atoms with Crippen molar-refractivity contribution in [1.29, 1.82) is 0 Å². The average Bonchev–Trinajstić information content (AvgIpc) is 3.11. The predicted octanol–water partition coefficient (Wildman–Crippen LogP) is 1.09. The predicted molar refractivity (Wildman–Crippen MR) is 92.0 cm³/mol. The molecule has 0 aromatic carbocycles. The Morgan fingerprint density at radius 1 is 1.42 bits per heavy atom. The minimum absolute atomic E-state index is 0.120. The van der Waals surface area contributed by atoms with E-state index in [0.717, 1.165) is 40.8 Å². The van der Waals surface area contributed by atoms with E-state index < -0.39 is 0 Å². The number of rotatable bonds is 4. The Kier molecular flexibility index (Phi) is 4.45. The van der Waals surface area contributed by atoms with E-state index in [9.17, 15) is 4.79 Å². The van der Waals surface area contributed by atoms with E-state index in [1.165, 1.54) is 0 Å². The lowest BCUT2D eigenvalue weighted by atomic mass is 10.00. The fraction of sp³-hybridized carbons (Fsp3) is 0.588. The topological polar surface area (TPSA) is 86.3 Å². The molecular weight excluding hydrogens is 306 g/mol. The van der Waals surface area contributed by atoms with E-state index in [0.29, 0.717) is 25.3 Å². The third-order valence-corrected chi connectivity index (χ3v) is 4.88. The van der Waals surface area contributed by atoms with Crippen molar-refractivity contribution in [2.24, 2.45) is 12.8 Å².